The summed E-state index contributed by atoms with van der Waals surface area (Å²) in [5.41, 5.74) is 4.71. The molecule has 0 saturated carbocycles. The fourth-order valence-electron chi connectivity index (χ4n) is 4.20. The minimum atomic E-state index is 0.218. The third-order valence-electron chi connectivity index (χ3n) is 5.55. The highest BCUT2D eigenvalue weighted by molar-refractivity contribution is 6.31. The molecule has 0 radical (unpaired) electrons. The normalized spacial score (nSPS) is 19.8. The van der Waals surface area contributed by atoms with Gasteiger partial charge in [0.2, 0.25) is 0 Å². The second kappa shape index (κ2) is 7.35. The van der Waals surface area contributed by atoms with Crippen LogP contribution in [-0.2, 0) is 11.2 Å². The van der Waals surface area contributed by atoms with Crippen molar-refractivity contribution in [2.24, 2.45) is 0 Å². The van der Waals surface area contributed by atoms with Crippen LogP contribution in [0.5, 0.6) is 0 Å². The molecule has 6 nitrogen and oxygen atoms in total. The molecule has 3 aromatic heterocycles. The molecule has 0 bridgehead atoms. The predicted octanol–water partition coefficient (Wildman–Crippen LogP) is 4.67. The third-order valence-corrected chi connectivity index (χ3v) is 5.78. The zero-order chi connectivity index (χ0) is 20.0. The third kappa shape index (κ3) is 3.47. The van der Waals surface area contributed by atoms with E-state index in [-0.39, 0.29) is 6.10 Å². The van der Waals surface area contributed by atoms with Crippen LogP contribution in [0.2, 0.25) is 5.02 Å². The van der Waals surface area contributed by atoms with E-state index in [1.165, 1.54) is 0 Å². The number of rotatable bonds is 3. The first-order valence-electron chi connectivity index (χ1n) is 9.92. The molecule has 1 saturated heterocycles. The molecular formula is C22H22ClN5O. The van der Waals surface area contributed by atoms with E-state index in [9.17, 15) is 0 Å². The molecule has 1 aliphatic rings. The van der Waals surface area contributed by atoms with Crippen LogP contribution in [-0.4, -0.2) is 37.2 Å². The highest BCUT2D eigenvalue weighted by Gasteiger charge is 2.26. The maximum atomic E-state index is 6.34. The number of benzene rings is 1. The monoisotopic (exact) mass is 407 g/mol. The predicted molar refractivity (Wildman–Crippen MR) is 113 cm³/mol. The molecule has 148 valence electrons. The highest BCUT2D eigenvalue weighted by Crippen LogP contribution is 2.34. The van der Waals surface area contributed by atoms with Crippen LogP contribution in [0, 0.1) is 6.92 Å². The molecule has 0 amide bonds. The van der Waals surface area contributed by atoms with Crippen LogP contribution < -0.4 is 0 Å². The van der Waals surface area contributed by atoms with Crippen molar-refractivity contribution in [2.75, 3.05) is 6.61 Å². The zero-order valence-electron chi connectivity index (χ0n) is 16.5. The lowest BCUT2D eigenvalue weighted by Gasteiger charge is -2.30. The van der Waals surface area contributed by atoms with Crippen LogP contribution in [0.25, 0.3) is 21.9 Å². The van der Waals surface area contributed by atoms with Crippen molar-refractivity contribution >= 4 is 33.5 Å². The number of halogens is 1. The Morgan fingerprint density at radius 2 is 2.03 bits per heavy atom. The molecule has 5 rings (SSSR count). The summed E-state index contributed by atoms with van der Waals surface area (Å²) >= 11 is 6.34. The summed E-state index contributed by atoms with van der Waals surface area (Å²) in [6.07, 6.45) is 8.23. The minimum absolute atomic E-state index is 0.218. The summed E-state index contributed by atoms with van der Waals surface area (Å²) in [6, 6.07) is 6.14. The average molecular weight is 408 g/mol. The molecule has 4 aromatic rings. The van der Waals surface area contributed by atoms with Crippen molar-refractivity contribution in [1.82, 2.24) is 24.5 Å². The summed E-state index contributed by atoms with van der Waals surface area (Å²) in [6.45, 7) is 4.82. The van der Waals surface area contributed by atoms with Crippen molar-refractivity contribution in [2.45, 2.75) is 45.3 Å². The first-order valence-corrected chi connectivity index (χ1v) is 10.3. The Morgan fingerprint density at radius 1 is 1.14 bits per heavy atom. The molecule has 1 fully saturated rings. The number of nitrogens with zero attached hydrogens (tertiary/aromatic N) is 5. The van der Waals surface area contributed by atoms with Crippen molar-refractivity contribution < 1.29 is 4.74 Å². The Labute approximate surface area is 173 Å². The molecule has 7 heteroatoms. The van der Waals surface area contributed by atoms with Gasteiger partial charge in [-0.1, -0.05) is 11.6 Å². The minimum Gasteiger partial charge on any atom is -0.378 e. The van der Waals surface area contributed by atoms with Crippen molar-refractivity contribution in [3.8, 4) is 0 Å². The molecule has 0 aliphatic carbocycles. The Morgan fingerprint density at radius 3 is 2.83 bits per heavy atom. The lowest BCUT2D eigenvalue weighted by molar-refractivity contribution is 0.00631. The van der Waals surface area contributed by atoms with Gasteiger partial charge in [0.15, 0.2) is 0 Å². The molecule has 4 heterocycles. The lowest BCUT2D eigenvalue weighted by Crippen LogP contribution is -2.26. The summed E-state index contributed by atoms with van der Waals surface area (Å²) in [5, 5.41) is 1.73. The van der Waals surface area contributed by atoms with Crippen LogP contribution in [0.4, 0.5) is 0 Å². The number of hydrogen-bond acceptors (Lipinski definition) is 5. The van der Waals surface area contributed by atoms with Gasteiger partial charge >= 0.3 is 0 Å². The zero-order valence-corrected chi connectivity index (χ0v) is 17.2. The van der Waals surface area contributed by atoms with Crippen LogP contribution in [0.3, 0.4) is 0 Å². The highest BCUT2D eigenvalue weighted by atomic mass is 35.5. The van der Waals surface area contributed by atoms with Crippen LogP contribution >= 0.6 is 11.6 Å². The first kappa shape index (κ1) is 18.5. The van der Waals surface area contributed by atoms with Gasteiger partial charge in [0.1, 0.15) is 11.3 Å². The topological polar surface area (TPSA) is 65.7 Å². The molecule has 0 unspecified atom stereocenters. The Hall–Kier alpha value is -2.57. The van der Waals surface area contributed by atoms with Crippen molar-refractivity contribution in [1.29, 1.82) is 0 Å². The number of aryl methyl sites for hydroxylation is 1. The van der Waals surface area contributed by atoms with Crippen molar-refractivity contribution in [3.63, 3.8) is 0 Å². The first-order chi connectivity index (χ1) is 14.1. The summed E-state index contributed by atoms with van der Waals surface area (Å²) in [4.78, 5) is 18.5. The van der Waals surface area contributed by atoms with E-state index in [0.29, 0.717) is 17.5 Å². The lowest BCUT2D eigenvalue weighted by atomic mass is 10.0. The average Bonchev–Trinajstić information content (AvgIpc) is 3.08. The van der Waals surface area contributed by atoms with E-state index >= 15 is 0 Å². The molecule has 29 heavy (non-hydrogen) atoms. The second-order valence-corrected chi connectivity index (χ2v) is 8.17. The summed E-state index contributed by atoms with van der Waals surface area (Å²) in [5.74, 6) is 0.978. The van der Waals surface area contributed by atoms with E-state index in [0.717, 1.165) is 58.6 Å². The van der Waals surface area contributed by atoms with Gasteiger partial charge in [-0.05, 0) is 44.9 Å². The second-order valence-electron chi connectivity index (χ2n) is 7.74. The van der Waals surface area contributed by atoms with E-state index in [4.69, 9.17) is 21.3 Å². The number of ether oxygens (including phenoxy) is 1. The number of pyridine rings is 1. The van der Waals surface area contributed by atoms with E-state index in [2.05, 4.69) is 26.4 Å². The summed E-state index contributed by atoms with van der Waals surface area (Å²) < 4.78 is 8.18. The van der Waals surface area contributed by atoms with E-state index in [1.54, 1.807) is 6.20 Å². The van der Waals surface area contributed by atoms with E-state index in [1.807, 2.05) is 37.5 Å². The van der Waals surface area contributed by atoms with Crippen LogP contribution in [0.15, 0.2) is 36.8 Å². The van der Waals surface area contributed by atoms with Gasteiger partial charge in [-0.25, -0.2) is 4.98 Å². The molecule has 0 N–H and O–H groups in total. The Balaban J connectivity index is 1.72. The maximum absolute atomic E-state index is 6.34. The maximum Gasteiger partial charge on any atom is 0.116 e. The van der Waals surface area contributed by atoms with Gasteiger partial charge in [0, 0.05) is 41.9 Å². The fourth-order valence-corrected chi connectivity index (χ4v) is 4.37. The standard InChI is InChI=1S/C22H22ClN5O/c1-13-10-25-16(11-24-13)9-21-27-20-12-26-19-4-3-15(23)8-18(19)22(20)28(21)17-5-6-29-14(2)7-17/h3-4,8,10-12,14,17H,5-7,9H2,1-2H3/t14-,17-/m1/s1. The fraction of sp³-hybridized carbons (Fsp3) is 0.364. The number of imidazole rings is 1. The van der Waals surface area contributed by atoms with Gasteiger partial charge in [-0.3, -0.25) is 15.0 Å². The van der Waals surface area contributed by atoms with Crippen molar-refractivity contribution in [3.05, 3.63) is 59.0 Å². The Kier molecular flexibility index (Phi) is 4.68. The molecule has 2 atom stereocenters. The van der Waals surface area contributed by atoms with Gasteiger partial charge in [-0.15, -0.1) is 0 Å². The van der Waals surface area contributed by atoms with Gasteiger partial charge in [0.05, 0.1) is 34.7 Å². The number of aromatic nitrogens is 5. The Bertz CT molecular complexity index is 1190. The van der Waals surface area contributed by atoms with Crippen LogP contribution in [0.1, 0.15) is 43.0 Å². The van der Waals surface area contributed by atoms with Gasteiger partial charge in [0.25, 0.3) is 0 Å². The molecule has 1 aliphatic heterocycles. The smallest absolute Gasteiger partial charge is 0.116 e. The van der Waals surface area contributed by atoms with E-state index < -0.39 is 0 Å². The SMILES string of the molecule is Cc1cnc(Cc2nc3cnc4ccc(Cl)cc4c3n2[C@@H]2CCO[C@H](C)C2)cn1. The van der Waals surface area contributed by atoms with Gasteiger partial charge < -0.3 is 9.30 Å². The number of hydrogen-bond donors (Lipinski definition) is 0. The largest absolute Gasteiger partial charge is 0.378 e. The number of fused-ring (bicyclic) bond motifs is 3. The molecule has 1 aromatic carbocycles. The quantitative estimate of drug-likeness (QED) is 0.493. The summed E-state index contributed by atoms with van der Waals surface area (Å²) in [7, 11) is 0. The molecule has 0 spiro atoms. The molecular weight excluding hydrogens is 386 g/mol. The van der Waals surface area contributed by atoms with Gasteiger partial charge in [-0.2, -0.15) is 0 Å².